The highest BCUT2D eigenvalue weighted by Gasteiger charge is 2.44. The number of benzene rings is 3. The van der Waals surface area contributed by atoms with Gasteiger partial charge in [0.05, 0.1) is 11.6 Å². The van der Waals surface area contributed by atoms with Crippen LogP contribution in [0.25, 0.3) is 11.0 Å². The van der Waals surface area contributed by atoms with Crippen molar-refractivity contribution in [3.8, 4) is 5.75 Å². The number of furan rings is 1. The van der Waals surface area contributed by atoms with Crippen LogP contribution in [-0.2, 0) is 11.4 Å². The van der Waals surface area contributed by atoms with E-state index in [4.69, 9.17) is 9.15 Å². The van der Waals surface area contributed by atoms with Gasteiger partial charge in [-0.25, -0.2) is 0 Å². The third-order valence-electron chi connectivity index (χ3n) is 6.41. The van der Waals surface area contributed by atoms with Gasteiger partial charge in [-0.1, -0.05) is 60.7 Å². The average Bonchev–Trinajstić information content (AvgIpc) is 3.45. The number of likely N-dealkylation sites (N-methyl/N-ethyl adjacent to an activating group) is 1. The summed E-state index contributed by atoms with van der Waals surface area (Å²) in [6, 6.07) is 25.3. The number of rotatable bonds is 9. The standard InChI is InChI=1S/C30H28N2O5/c1-31(2)15-16-32-27(22-12-8-13-23(17-22)36-19-20-9-4-3-5-10-20)26(29(34)30(32)35)28(33)25-18-21-11-6-7-14-24(21)37-25/h3-14,17-18,27,34H,15-16,19H2,1-2H3. The Morgan fingerprint density at radius 2 is 1.76 bits per heavy atom. The van der Waals surface area contributed by atoms with Gasteiger partial charge in [0.1, 0.15) is 17.9 Å². The van der Waals surface area contributed by atoms with Crippen LogP contribution < -0.4 is 4.74 Å². The molecule has 1 aromatic heterocycles. The first-order valence-corrected chi connectivity index (χ1v) is 12.1. The fraction of sp³-hybridized carbons (Fsp3) is 0.200. The summed E-state index contributed by atoms with van der Waals surface area (Å²) in [7, 11) is 3.81. The van der Waals surface area contributed by atoms with Crippen LogP contribution in [0.15, 0.2) is 101 Å². The minimum Gasteiger partial charge on any atom is -0.503 e. The molecule has 5 rings (SSSR count). The van der Waals surface area contributed by atoms with E-state index in [9.17, 15) is 14.7 Å². The van der Waals surface area contributed by atoms with Gasteiger partial charge in [-0.3, -0.25) is 9.59 Å². The van der Waals surface area contributed by atoms with E-state index >= 15 is 0 Å². The van der Waals surface area contributed by atoms with Gasteiger partial charge < -0.3 is 24.1 Å². The molecule has 0 aliphatic carbocycles. The second kappa shape index (κ2) is 10.3. The van der Waals surface area contributed by atoms with E-state index in [1.54, 1.807) is 12.1 Å². The highest BCUT2D eigenvalue weighted by molar-refractivity contribution is 6.16. The lowest BCUT2D eigenvalue weighted by Gasteiger charge is -2.28. The zero-order chi connectivity index (χ0) is 25.9. The Bertz CT molecular complexity index is 1440. The lowest BCUT2D eigenvalue weighted by molar-refractivity contribution is -0.129. The minimum atomic E-state index is -0.784. The molecular weight excluding hydrogens is 468 g/mol. The van der Waals surface area contributed by atoms with Crippen molar-refractivity contribution in [3.05, 3.63) is 113 Å². The van der Waals surface area contributed by atoms with E-state index in [0.29, 0.717) is 36.6 Å². The van der Waals surface area contributed by atoms with Gasteiger partial charge in [0.25, 0.3) is 5.91 Å². The summed E-state index contributed by atoms with van der Waals surface area (Å²) in [5, 5.41) is 11.7. The number of carbonyl (C=O) groups excluding carboxylic acids is 2. The number of para-hydroxylation sites is 1. The summed E-state index contributed by atoms with van der Waals surface area (Å²) < 4.78 is 11.8. The first kappa shape index (κ1) is 24.3. The largest absolute Gasteiger partial charge is 0.503 e. The Hall–Kier alpha value is -4.36. The molecule has 1 atom stereocenters. The summed E-state index contributed by atoms with van der Waals surface area (Å²) in [4.78, 5) is 30.4. The molecule has 1 aliphatic heterocycles. The molecule has 7 heteroatoms. The monoisotopic (exact) mass is 496 g/mol. The van der Waals surface area contributed by atoms with Gasteiger partial charge in [-0.15, -0.1) is 0 Å². The molecule has 0 fully saturated rings. The number of aliphatic hydroxyl groups excluding tert-OH is 1. The maximum atomic E-state index is 13.7. The van der Waals surface area contributed by atoms with E-state index in [1.807, 2.05) is 91.8 Å². The predicted molar refractivity (Wildman–Crippen MR) is 140 cm³/mol. The molecule has 188 valence electrons. The van der Waals surface area contributed by atoms with E-state index in [0.717, 1.165) is 10.9 Å². The average molecular weight is 497 g/mol. The molecule has 37 heavy (non-hydrogen) atoms. The number of nitrogens with zero attached hydrogens (tertiary/aromatic N) is 2. The van der Waals surface area contributed by atoms with Crippen molar-refractivity contribution in [1.82, 2.24) is 9.80 Å². The number of hydrogen-bond donors (Lipinski definition) is 1. The van der Waals surface area contributed by atoms with Crippen LogP contribution in [-0.4, -0.2) is 53.8 Å². The Kier molecular flexibility index (Phi) is 6.79. The van der Waals surface area contributed by atoms with E-state index < -0.39 is 23.5 Å². The van der Waals surface area contributed by atoms with Crippen LogP contribution in [0.5, 0.6) is 5.75 Å². The molecule has 0 saturated heterocycles. The van der Waals surface area contributed by atoms with Crippen molar-refractivity contribution in [3.63, 3.8) is 0 Å². The molecule has 0 radical (unpaired) electrons. The molecule has 2 heterocycles. The summed E-state index contributed by atoms with van der Waals surface area (Å²) in [6.45, 7) is 1.27. The quantitative estimate of drug-likeness (QED) is 0.323. The predicted octanol–water partition coefficient (Wildman–Crippen LogP) is 5.15. The second-order valence-electron chi connectivity index (χ2n) is 9.29. The number of ketones is 1. The molecule has 7 nitrogen and oxygen atoms in total. The molecule has 0 bridgehead atoms. The maximum Gasteiger partial charge on any atom is 0.290 e. The second-order valence-corrected chi connectivity index (χ2v) is 9.29. The molecular formula is C30H28N2O5. The van der Waals surface area contributed by atoms with Crippen LogP contribution in [0.4, 0.5) is 0 Å². The number of aliphatic hydroxyl groups is 1. The lowest BCUT2D eigenvalue weighted by atomic mass is 9.95. The molecule has 3 aromatic carbocycles. The van der Waals surface area contributed by atoms with Gasteiger partial charge in [-0.05, 0) is 49.5 Å². The number of hydrogen-bond acceptors (Lipinski definition) is 6. The van der Waals surface area contributed by atoms with Gasteiger partial charge in [0.15, 0.2) is 11.5 Å². The van der Waals surface area contributed by atoms with Crippen molar-refractivity contribution in [2.24, 2.45) is 0 Å². The zero-order valence-electron chi connectivity index (χ0n) is 20.8. The normalized spacial score (nSPS) is 15.7. The topological polar surface area (TPSA) is 83.2 Å². The van der Waals surface area contributed by atoms with Crippen molar-refractivity contribution >= 4 is 22.7 Å². The van der Waals surface area contributed by atoms with Gasteiger partial charge >= 0.3 is 0 Å². The van der Waals surface area contributed by atoms with Crippen LogP contribution in [0.3, 0.4) is 0 Å². The minimum absolute atomic E-state index is 0.00280. The van der Waals surface area contributed by atoms with Crippen molar-refractivity contribution < 1.29 is 23.8 Å². The molecule has 0 saturated carbocycles. The summed E-state index contributed by atoms with van der Waals surface area (Å²) in [6.07, 6.45) is 0. The van der Waals surface area contributed by atoms with Crippen molar-refractivity contribution in [2.75, 3.05) is 27.2 Å². The van der Waals surface area contributed by atoms with Crippen molar-refractivity contribution in [1.29, 1.82) is 0 Å². The number of ether oxygens (including phenoxy) is 1. The molecule has 4 aromatic rings. The third kappa shape index (κ3) is 4.99. The van der Waals surface area contributed by atoms with E-state index in [2.05, 4.69) is 0 Å². The van der Waals surface area contributed by atoms with Crippen LogP contribution >= 0.6 is 0 Å². The number of fused-ring (bicyclic) bond motifs is 1. The summed E-state index contributed by atoms with van der Waals surface area (Å²) in [5.74, 6) is -0.975. The van der Waals surface area contributed by atoms with Gasteiger partial charge in [0.2, 0.25) is 5.78 Å². The van der Waals surface area contributed by atoms with Crippen LogP contribution in [0.1, 0.15) is 27.7 Å². The van der Waals surface area contributed by atoms with E-state index in [-0.39, 0.29) is 11.3 Å². The fourth-order valence-corrected chi connectivity index (χ4v) is 4.51. The Balaban J connectivity index is 1.50. The van der Waals surface area contributed by atoms with Crippen molar-refractivity contribution in [2.45, 2.75) is 12.6 Å². The fourth-order valence-electron chi connectivity index (χ4n) is 4.51. The van der Waals surface area contributed by atoms with Crippen LogP contribution in [0.2, 0.25) is 0 Å². The zero-order valence-corrected chi connectivity index (χ0v) is 20.8. The first-order chi connectivity index (χ1) is 17.9. The van der Waals surface area contributed by atoms with E-state index in [1.165, 1.54) is 4.90 Å². The Morgan fingerprint density at radius 1 is 1.00 bits per heavy atom. The number of Topliss-reactive ketones (excluding diaryl/α,β-unsaturated/α-hetero) is 1. The SMILES string of the molecule is CN(C)CCN1C(=O)C(O)=C(C(=O)c2cc3ccccc3o2)C1c1cccc(OCc2ccccc2)c1. The highest BCUT2D eigenvalue weighted by Crippen LogP contribution is 2.40. The van der Waals surface area contributed by atoms with Crippen LogP contribution in [0, 0.1) is 0 Å². The summed E-state index contributed by atoms with van der Waals surface area (Å²) in [5.41, 5.74) is 2.26. The smallest absolute Gasteiger partial charge is 0.290 e. The maximum absolute atomic E-state index is 13.7. The summed E-state index contributed by atoms with van der Waals surface area (Å²) >= 11 is 0. The molecule has 1 N–H and O–H groups in total. The lowest BCUT2D eigenvalue weighted by Crippen LogP contribution is -2.36. The van der Waals surface area contributed by atoms with Gasteiger partial charge in [-0.2, -0.15) is 0 Å². The highest BCUT2D eigenvalue weighted by atomic mass is 16.5. The molecule has 0 spiro atoms. The third-order valence-corrected chi connectivity index (χ3v) is 6.41. The Morgan fingerprint density at radius 3 is 2.51 bits per heavy atom. The number of carbonyl (C=O) groups is 2. The molecule has 1 aliphatic rings. The number of amides is 1. The molecule has 1 amide bonds. The first-order valence-electron chi connectivity index (χ1n) is 12.1. The Labute approximate surface area is 215 Å². The van der Waals surface area contributed by atoms with Gasteiger partial charge in [0, 0.05) is 18.5 Å². The molecule has 1 unspecified atom stereocenters.